The summed E-state index contributed by atoms with van der Waals surface area (Å²) < 4.78 is 2.06. The Kier molecular flexibility index (Phi) is 5.44. The first-order valence-electron chi connectivity index (χ1n) is 11.3. The van der Waals surface area contributed by atoms with Crippen LogP contribution >= 0.6 is 0 Å². The number of anilines is 2. The number of benzene rings is 1. The van der Waals surface area contributed by atoms with Crippen molar-refractivity contribution in [3.05, 3.63) is 41.7 Å². The zero-order valence-corrected chi connectivity index (χ0v) is 18.0. The molecule has 2 aromatic heterocycles. The Labute approximate surface area is 182 Å². The summed E-state index contributed by atoms with van der Waals surface area (Å²) in [6.45, 7) is 6.91. The van der Waals surface area contributed by atoms with Gasteiger partial charge in [0, 0.05) is 45.7 Å². The number of nitrogens with one attached hydrogen (secondary N) is 1. The Morgan fingerprint density at radius 2 is 1.94 bits per heavy atom. The third kappa shape index (κ3) is 3.94. The lowest BCUT2D eigenvalue weighted by molar-refractivity contribution is -0.127. The molecule has 1 aromatic carbocycles. The predicted octanol–water partition coefficient (Wildman–Crippen LogP) is 2.83. The Morgan fingerprint density at radius 1 is 1.06 bits per heavy atom. The van der Waals surface area contributed by atoms with E-state index in [2.05, 4.69) is 51.0 Å². The zero-order chi connectivity index (χ0) is 21.2. The summed E-state index contributed by atoms with van der Waals surface area (Å²) in [5.41, 5.74) is 4.36. The number of aromatic nitrogens is 4. The lowest BCUT2D eigenvalue weighted by Gasteiger charge is -2.29. The number of imidazole rings is 1. The van der Waals surface area contributed by atoms with Gasteiger partial charge < -0.3 is 19.7 Å². The second kappa shape index (κ2) is 8.53. The SMILES string of the molecule is CCCNc1nc(N2CCc3ccccc3C2)nc2c1ncn2CCN1CCCC1=O. The van der Waals surface area contributed by atoms with Gasteiger partial charge in [-0.05, 0) is 30.4 Å². The number of amides is 1. The number of fused-ring (bicyclic) bond motifs is 2. The van der Waals surface area contributed by atoms with Crippen LogP contribution in [0, 0.1) is 0 Å². The minimum atomic E-state index is 0.247. The van der Waals surface area contributed by atoms with Gasteiger partial charge in [-0.2, -0.15) is 9.97 Å². The minimum absolute atomic E-state index is 0.247. The van der Waals surface area contributed by atoms with Crippen molar-refractivity contribution in [1.82, 2.24) is 24.4 Å². The maximum absolute atomic E-state index is 12.0. The van der Waals surface area contributed by atoms with E-state index in [4.69, 9.17) is 9.97 Å². The topological polar surface area (TPSA) is 79.2 Å². The second-order valence-corrected chi connectivity index (χ2v) is 8.33. The Morgan fingerprint density at radius 3 is 2.74 bits per heavy atom. The molecule has 0 bridgehead atoms. The number of likely N-dealkylation sites (tertiary alicyclic amines) is 1. The Bertz CT molecular complexity index is 1090. The summed E-state index contributed by atoms with van der Waals surface area (Å²) in [5.74, 6) is 1.77. The fourth-order valence-corrected chi connectivity index (χ4v) is 4.44. The van der Waals surface area contributed by atoms with Gasteiger partial charge in [-0.3, -0.25) is 4.79 Å². The number of nitrogens with zero attached hydrogens (tertiary/aromatic N) is 6. The van der Waals surface area contributed by atoms with Gasteiger partial charge in [0.1, 0.15) is 0 Å². The van der Waals surface area contributed by atoms with Gasteiger partial charge >= 0.3 is 0 Å². The average molecular weight is 420 g/mol. The third-order valence-corrected chi connectivity index (χ3v) is 6.19. The fraction of sp³-hybridized carbons (Fsp3) is 0.478. The molecule has 0 saturated carbocycles. The first-order valence-corrected chi connectivity index (χ1v) is 11.3. The largest absolute Gasteiger partial charge is 0.368 e. The van der Waals surface area contributed by atoms with Crippen molar-refractivity contribution in [2.45, 2.75) is 45.7 Å². The van der Waals surface area contributed by atoms with E-state index in [1.807, 2.05) is 11.2 Å². The summed E-state index contributed by atoms with van der Waals surface area (Å²) in [5, 5.41) is 3.44. The Balaban J connectivity index is 1.45. The molecule has 2 aliphatic heterocycles. The smallest absolute Gasteiger partial charge is 0.229 e. The van der Waals surface area contributed by atoms with Crippen LogP contribution in [0.25, 0.3) is 11.2 Å². The first-order chi connectivity index (χ1) is 15.2. The minimum Gasteiger partial charge on any atom is -0.368 e. The first kappa shape index (κ1) is 19.8. The summed E-state index contributed by atoms with van der Waals surface area (Å²) in [4.78, 5) is 30.6. The van der Waals surface area contributed by atoms with Gasteiger partial charge in [-0.15, -0.1) is 0 Å². The molecule has 162 valence electrons. The van der Waals surface area contributed by atoms with E-state index in [0.29, 0.717) is 19.5 Å². The van der Waals surface area contributed by atoms with E-state index in [9.17, 15) is 4.79 Å². The maximum atomic E-state index is 12.0. The molecule has 8 nitrogen and oxygen atoms in total. The van der Waals surface area contributed by atoms with Crippen LogP contribution in [0.2, 0.25) is 0 Å². The highest BCUT2D eigenvalue weighted by Gasteiger charge is 2.23. The van der Waals surface area contributed by atoms with Crippen molar-refractivity contribution >= 4 is 28.8 Å². The van der Waals surface area contributed by atoms with E-state index in [-0.39, 0.29) is 5.91 Å². The number of rotatable bonds is 7. The molecule has 1 amide bonds. The summed E-state index contributed by atoms with van der Waals surface area (Å²) >= 11 is 0. The van der Waals surface area contributed by atoms with Gasteiger partial charge in [0.25, 0.3) is 0 Å². The third-order valence-electron chi connectivity index (χ3n) is 6.19. The molecular formula is C23H29N7O. The van der Waals surface area contributed by atoms with E-state index < -0.39 is 0 Å². The van der Waals surface area contributed by atoms with Crippen molar-refractivity contribution in [1.29, 1.82) is 0 Å². The fourth-order valence-electron chi connectivity index (χ4n) is 4.44. The molecule has 1 fully saturated rings. The van der Waals surface area contributed by atoms with Crippen molar-refractivity contribution in [2.75, 3.05) is 36.4 Å². The van der Waals surface area contributed by atoms with Crippen molar-refractivity contribution in [3.8, 4) is 0 Å². The van der Waals surface area contributed by atoms with Crippen molar-refractivity contribution < 1.29 is 4.79 Å². The number of hydrogen-bond acceptors (Lipinski definition) is 6. The number of carbonyl (C=O) groups is 1. The maximum Gasteiger partial charge on any atom is 0.229 e. The van der Waals surface area contributed by atoms with Crippen LogP contribution in [0.4, 0.5) is 11.8 Å². The van der Waals surface area contributed by atoms with Gasteiger partial charge in [0.15, 0.2) is 17.0 Å². The lowest BCUT2D eigenvalue weighted by atomic mass is 10.0. The molecule has 8 heteroatoms. The number of carbonyl (C=O) groups excluding carboxylic acids is 1. The molecular weight excluding hydrogens is 390 g/mol. The van der Waals surface area contributed by atoms with Crippen LogP contribution in [0.3, 0.4) is 0 Å². The lowest BCUT2D eigenvalue weighted by Crippen LogP contribution is -2.32. The monoisotopic (exact) mass is 419 g/mol. The van der Waals surface area contributed by atoms with E-state index in [1.165, 1.54) is 11.1 Å². The van der Waals surface area contributed by atoms with Crippen LogP contribution in [0.1, 0.15) is 37.3 Å². The van der Waals surface area contributed by atoms with Gasteiger partial charge in [-0.25, -0.2) is 4.98 Å². The molecule has 0 aliphatic carbocycles. The average Bonchev–Trinajstić information content (AvgIpc) is 3.41. The van der Waals surface area contributed by atoms with Crippen LogP contribution < -0.4 is 10.2 Å². The quantitative estimate of drug-likeness (QED) is 0.634. The summed E-state index contributed by atoms with van der Waals surface area (Å²) in [6, 6.07) is 8.59. The molecule has 5 rings (SSSR count). The summed E-state index contributed by atoms with van der Waals surface area (Å²) in [6.07, 6.45) is 5.45. The molecule has 0 unspecified atom stereocenters. The highest BCUT2D eigenvalue weighted by molar-refractivity contribution is 5.84. The molecule has 2 aliphatic rings. The molecule has 1 N–H and O–H groups in total. The summed E-state index contributed by atoms with van der Waals surface area (Å²) in [7, 11) is 0. The molecule has 31 heavy (non-hydrogen) atoms. The van der Waals surface area contributed by atoms with Crippen molar-refractivity contribution in [2.24, 2.45) is 0 Å². The van der Waals surface area contributed by atoms with Crippen LogP contribution in [-0.2, 0) is 24.3 Å². The van der Waals surface area contributed by atoms with Gasteiger partial charge in [0.05, 0.1) is 6.33 Å². The normalized spacial score (nSPS) is 16.2. The zero-order valence-electron chi connectivity index (χ0n) is 18.0. The Hall–Kier alpha value is -3.16. The molecule has 0 spiro atoms. The van der Waals surface area contributed by atoms with Gasteiger partial charge in [0.2, 0.25) is 11.9 Å². The molecule has 0 atom stereocenters. The highest BCUT2D eigenvalue weighted by Crippen LogP contribution is 2.27. The standard InChI is InChI=1S/C23H29N7O/c1-2-10-24-21-20-22(30(16-25-20)14-13-28-11-5-8-19(28)31)27-23(26-21)29-12-9-17-6-3-4-7-18(17)15-29/h3-4,6-7,16H,2,5,8-15H2,1H3,(H,24,26,27). The highest BCUT2D eigenvalue weighted by atomic mass is 16.2. The van der Waals surface area contributed by atoms with E-state index in [0.717, 1.165) is 68.4 Å². The molecule has 1 saturated heterocycles. The van der Waals surface area contributed by atoms with Crippen molar-refractivity contribution in [3.63, 3.8) is 0 Å². The molecule has 4 heterocycles. The van der Waals surface area contributed by atoms with E-state index in [1.54, 1.807) is 0 Å². The van der Waals surface area contributed by atoms with Crippen LogP contribution in [-0.4, -0.2) is 56.5 Å². The van der Waals surface area contributed by atoms with Gasteiger partial charge in [-0.1, -0.05) is 31.2 Å². The number of hydrogen-bond donors (Lipinski definition) is 1. The second-order valence-electron chi connectivity index (χ2n) is 8.33. The van der Waals surface area contributed by atoms with Crippen LogP contribution in [0.5, 0.6) is 0 Å². The molecule has 0 radical (unpaired) electrons. The van der Waals surface area contributed by atoms with E-state index >= 15 is 0 Å². The predicted molar refractivity (Wildman–Crippen MR) is 121 cm³/mol. The van der Waals surface area contributed by atoms with Crippen LogP contribution in [0.15, 0.2) is 30.6 Å². The molecule has 3 aromatic rings.